The fourth-order valence-corrected chi connectivity index (χ4v) is 0.701. The Morgan fingerprint density at radius 1 is 1.33 bits per heavy atom. The highest BCUT2D eigenvalue weighted by molar-refractivity contribution is 7.51. The molecule has 0 saturated heterocycles. The second-order valence-electron chi connectivity index (χ2n) is 1.44. The Bertz CT molecular complexity index is 134. The maximum atomic E-state index is 11.1. The van der Waals surface area contributed by atoms with Crippen molar-refractivity contribution in [3.63, 3.8) is 0 Å². The molecule has 0 saturated carbocycles. The first-order chi connectivity index (χ1) is 3.71. The standard InChI is InChI=1S/C2H4F3O3P/c3-2(4,5)1-9(6,7)8/h1H2,(H2,6,7,8). The maximum Gasteiger partial charge on any atom is 0.400 e. The second-order valence-corrected chi connectivity index (χ2v) is 3.08. The van der Waals surface area contributed by atoms with E-state index in [4.69, 9.17) is 9.79 Å². The molecule has 0 aromatic rings. The van der Waals surface area contributed by atoms with E-state index >= 15 is 0 Å². The van der Waals surface area contributed by atoms with Crippen molar-refractivity contribution in [3.8, 4) is 0 Å². The molecule has 0 aromatic carbocycles. The lowest BCUT2D eigenvalue weighted by Gasteiger charge is -2.05. The van der Waals surface area contributed by atoms with E-state index in [0.717, 1.165) is 0 Å². The van der Waals surface area contributed by atoms with Gasteiger partial charge in [0.05, 0.1) is 0 Å². The molecule has 0 aromatic heterocycles. The van der Waals surface area contributed by atoms with Crippen LogP contribution in [0.15, 0.2) is 0 Å². The molecule has 0 unspecified atom stereocenters. The highest BCUT2D eigenvalue weighted by Crippen LogP contribution is 2.40. The summed E-state index contributed by atoms with van der Waals surface area (Å²) in [5, 5.41) is 0. The van der Waals surface area contributed by atoms with Crippen molar-refractivity contribution in [2.75, 3.05) is 6.16 Å². The maximum absolute atomic E-state index is 11.1. The molecule has 0 aliphatic rings. The van der Waals surface area contributed by atoms with Crippen LogP contribution in [0.1, 0.15) is 0 Å². The van der Waals surface area contributed by atoms with Crippen molar-refractivity contribution in [2.24, 2.45) is 0 Å². The molecule has 0 amide bonds. The molecule has 56 valence electrons. The summed E-state index contributed by atoms with van der Waals surface area (Å²) in [6, 6.07) is 0. The summed E-state index contributed by atoms with van der Waals surface area (Å²) in [5.74, 6) is 0. The van der Waals surface area contributed by atoms with E-state index in [9.17, 15) is 17.7 Å². The second kappa shape index (κ2) is 2.28. The van der Waals surface area contributed by atoms with E-state index in [2.05, 4.69) is 0 Å². The van der Waals surface area contributed by atoms with Gasteiger partial charge in [-0.15, -0.1) is 0 Å². The molecule has 0 bridgehead atoms. The van der Waals surface area contributed by atoms with E-state index < -0.39 is 19.9 Å². The molecule has 0 heterocycles. The van der Waals surface area contributed by atoms with E-state index in [1.807, 2.05) is 0 Å². The zero-order chi connectivity index (χ0) is 7.71. The van der Waals surface area contributed by atoms with Crippen LogP contribution in [0.5, 0.6) is 0 Å². The molecular weight excluding hydrogens is 160 g/mol. The van der Waals surface area contributed by atoms with E-state index in [0.29, 0.717) is 0 Å². The third-order valence-corrected chi connectivity index (χ3v) is 1.16. The lowest BCUT2D eigenvalue weighted by Crippen LogP contribution is -2.13. The smallest absolute Gasteiger partial charge is 0.324 e. The lowest BCUT2D eigenvalue weighted by atomic mass is 10.8. The van der Waals surface area contributed by atoms with Crippen LogP contribution in [0.4, 0.5) is 13.2 Å². The van der Waals surface area contributed by atoms with Crippen LogP contribution in [0.3, 0.4) is 0 Å². The van der Waals surface area contributed by atoms with Crippen molar-refractivity contribution in [1.29, 1.82) is 0 Å². The van der Waals surface area contributed by atoms with Crippen molar-refractivity contribution in [1.82, 2.24) is 0 Å². The average molecular weight is 164 g/mol. The Balaban J connectivity index is 3.90. The Labute approximate surface area is 48.7 Å². The van der Waals surface area contributed by atoms with Crippen LogP contribution in [-0.2, 0) is 4.57 Å². The van der Waals surface area contributed by atoms with Gasteiger partial charge in [0.1, 0.15) is 6.16 Å². The molecule has 0 fully saturated rings. The minimum atomic E-state index is -4.91. The van der Waals surface area contributed by atoms with Gasteiger partial charge in [-0.1, -0.05) is 0 Å². The minimum Gasteiger partial charge on any atom is -0.324 e. The SMILES string of the molecule is O=P(O)(O)CC(F)(F)F. The Kier molecular flexibility index (Phi) is 2.27. The first-order valence-corrected chi connectivity index (χ1v) is 3.62. The lowest BCUT2D eigenvalue weighted by molar-refractivity contribution is -0.109. The molecule has 0 aliphatic heterocycles. The number of alkyl halides is 3. The van der Waals surface area contributed by atoms with Gasteiger partial charge in [-0.05, 0) is 0 Å². The zero-order valence-corrected chi connectivity index (χ0v) is 4.99. The van der Waals surface area contributed by atoms with Crippen molar-refractivity contribution >= 4 is 7.60 Å². The Morgan fingerprint density at radius 3 is 1.67 bits per heavy atom. The van der Waals surface area contributed by atoms with E-state index in [-0.39, 0.29) is 0 Å². The predicted molar refractivity (Wildman–Crippen MR) is 23.0 cm³/mol. The Hall–Kier alpha value is -0.0600. The molecule has 0 spiro atoms. The molecule has 2 N–H and O–H groups in total. The van der Waals surface area contributed by atoms with Gasteiger partial charge >= 0.3 is 13.8 Å². The number of hydrogen-bond donors (Lipinski definition) is 2. The van der Waals surface area contributed by atoms with E-state index in [1.165, 1.54) is 0 Å². The van der Waals surface area contributed by atoms with Gasteiger partial charge in [-0.3, -0.25) is 4.57 Å². The van der Waals surface area contributed by atoms with Crippen LogP contribution in [0.2, 0.25) is 0 Å². The van der Waals surface area contributed by atoms with Gasteiger partial charge in [-0.25, -0.2) is 0 Å². The average Bonchev–Trinajstić information content (AvgIpc) is 1.14. The number of rotatable bonds is 1. The molecular formula is C2H4F3O3P. The molecule has 3 nitrogen and oxygen atoms in total. The third kappa shape index (κ3) is 7.94. The third-order valence-electron chi connectivity index (χ3n) is 0.385. The number of halogens is 3. The highest BCUT2D eigenvalue weighted by Gasteiger charge is 2.36. The van der Waals surface area contributed by atoms with Gasteiger partial charge < -0.3 is 9.79 Å². The number of hydrogen-bond acceptors (Lipinski definition) is 1. The molecule has 0 rings (SSSR count). The summed E-state index contributed by atoms with van der Waals surface area (Å²) < 4.78 is 42.8. The molecule has 0 aliphatic carbocycles. The summed E-state index contributed by atoms with van der Waals surface area (Å²) in [6.45, 7) is 0. The predicted octanol–water partition coefficient (Wildman–Crippen LogP) is 0.726. The summed E-state index contributed by atoms with van der Waals surface area (Å²) in [4.78, 5) is 15.5. The van der Waals surface area contributed by atoms with Gasteiger partial charge in [0, 0.05) is 0 Å². The van der Waals surface area contributed by atoms with Crippen LogP contribution in [0, 0.1) is 0 Å². The van der Waals surface area contributed by atoms with Crippen molar-refractivity contribution < 1.29 is 27.5 Å². The van der Waals surface area contributed by atoms with Crippen LogP contribution in [0.25, 0.3) is 0 Å². The molecule has 0 radical (unpaired) electrons. The van der Waals surface area contributed by atoms with Crippen molar-refractivity contribution in [3.05, 3.63) is 0 Å². The summed E-state index contributed by atoms with van der Waals surface area (Å²) in [5.41, 5.74) is 0. The van der Waals surface area contributed by atoms with Gasteiger partial charge in [0.15, 0.2) is 0 Å². The summed E-state index contributed by atoms with van der Waals surface area (Å²) >= 11 is 0. The molecule has 9 heavy (non-hydrogen) atoms. The summed E-state index contributed by atoms with van der Waals surface area (Å²) in [7, 11) is -4.91. The van der Waals surface area contributed by atoms with Crippen LogP contribution >= 0.6 is 7.60 Å². The van der Waals surface area contributed by atoms with Gasteiger partial charge in [0.25, 0.3) is 0 Å². The fourth-order valence-electron chi connectivity index (χ4n) is 0.234. The van der Waals surface area contributed by atoms with Crippen LogP contribution < -0.4 is 0 Å². The summed E-state index contributed by atoms with van der Waals surface area (Å²) in [6.07, 6.45) is -6.82. The normalized spacial score (nSPS) is 13.9. The zero-order valence-electron chi connectivity index (χ0n) is 4.09. The van der Waals surface area contributed by atoms with Crippen molar-refractivity contribution in [2.45, 2.75) is 6.18 Å². The monoisotopic (exact) mass is 164 g/mol. The van der Waals surface area contributed by atoms with Gasteiger partial charge in [-0.2, -0.15) is 13.2 Å². The highest BCUT2D eigenvalue weighted by atomic mass is 31.2. The largest absolute Gasteiger partial charge is 0.400 e. The fraction of sp³-hybridized carbons (Fsp3) is 1.00. The Morgan fingerprint density at radius 2 is 1.67 bits per heavy atom. The van der Waals surface area contributed by atoms with E-state index in [1.54, 1.807) is 0 Å². The first-order valence-electron chi connectivity index (χ1n) is 1.82. The topological polar surface area (TPSA) is 57.5 Å². The van der Waals surface area contributed by atoms with Crippen LogP contribution in [-0.4, -0.2) is 22.1 Å². The molecule has 7 heteroatoms. The quantitative estimate of drug-likeness (QED) is 0.561. The minimum absolute atomic E-state index is 2.04. The molecule has 0 atom stereocenters. The first kappa shape index (κ1) is 8.94. The van der Waals surface area contributed by atoms with Gasteiger partial charge in [0.2, 0.25) is 0 Å².